The number of rotatable bonds is 7. The van der Waals surface area contributed by atoms with E-state index in [0.717, 1.165) is 11.7 Å². The molecule has 13 heteroatoms. The minimum absolute atomic E-state index is 0.0621. The van der Waals surface area contributed by atoms with Gasteiger partial charge in [-0.15, -0.1) is 15.0 Å². The van der Waals surface area contributed by atoms with Crippen LogP contribution in [-0.2, 0) is 14.3 Å². The highest BCUT2D eigenvalue weighted by molar-refractivity contribution is 6.31. The summed E-state index contributed by atoms with van der Waals surface area (Å²) in [6.07, 6.45) is -2.21. The lowest BCUT2D eigenvalue weighted by Crippen LogP contribution is -2.31. The number of hydrogen-bond acceptors (Lipinski definition) is 9. The van der Waals surface area contributed by atoms with E-state index < -0.39 is 36.4 Å². The van der Waals surface area contributed by atoms with Crippen LogP contribution >= 0.6 is 11.6 Å². The monoisotopic (exact) mass is 544 g/mol. The minimum atomic E-state index is -2.27. The second-order valence-corrected chi connectivity index (χ2v) is 9.64. The highest BCUT2D eigenvalue weighted by atomic mass is 35.5. The molecule has 4 rings (SSSR count). The zero-order valence-electron chi connectivity index (χ0n) is 20.7. The molecule has 2 heterocycles. The molecule has 0 fully saturated rings. The second kappa shape index (κ2) is 9.83. The average molecular weight is 545 g/mol. The number of aliphatic carboxylic acids is 1. The number of carboxylic acids is 1. The number of nitriles is 1. The first-order valence-electron chi connectivity index (χ1n) is 11.2. The van der Waals surface area contributed by atoms with Gasteiger partial charge in [-0.3, -0.25) is 4.79 Å². The Bertz CT molecular complexity index is 1460. The summed E-state index contributed by atoms with van der Waals surface area (Å²) in [4.78, 5) is 24.3. The van der Waals surface area contributed by atoms with Crippen molar-refractivity contribution in [1.82, 2.24) is 15.0 Å². The highest BCUT2D eigenvalue weighted by Crippen LogP contribution is 2.43. The number of halogens is 2. The van der Waals surface area contributed by atoms with Crippen LogP contribution in [0.4, 0.5) is 9.18 Å². The van der Waals surface area contributed by atoms with E-state index in [1.807, 2.05) is 6.07 Å². The van der Waals surface area contributed by atoms with Crippen molar-refractivity contribution in [2.75, 3.05) is 6.61 Å². The molecule has 2 unspecified atom stereocenters. The number of alkyl halides is 1. The van der Waals surface area contributed by atoms with Crippen molar-refractivity contribution >= 4 is 23.7 Å². The van der Waals surface area contributed by atoms with E-state index in [-0.39, 0.29) is 22.9 Å². The van der Waals surface area contributed by atoms with Gasteiger partial charge in [0.15, 0.2) is 17.2 Å². The van der Waals surface area contributed by atoms with E-state index in [1.54, 1.807) is 36.4 Å². The fraction of sp³-hybridized carbons (Fsp3) is 0.320. The van der Waals surface area contributed by atoms with Crippen molar-refractivity contribution in [3.63, 3.8) is 0 Å². The van der Waals surface area contributed by atoms with Crippen LogP contribution in [-0.4, -0.2) is 44.9 Å². The Morgan fingerprint density at radius 2 is 1.87 bits per heavy atom. The molecule has 0 saturated heterocycles. The van der Waals surface area contributed by atoms with Crippen molar-refractivity contribution in [2.24, 2.45) is 5.41 Å². The number of benzene rings is 2. The van der Waals surface area contributed by atoms with Crippen LogP contribution in [0.2, 0.25) is 5.02 Å². The zero-order chi connectivity index (χ0) is 27.8. The molecule has 0 spiro atoms. The molecule has 1 aliphatic rings. The summed E-state index contributed by atoms with van der Waals surface area (Å²) in [5.74, 6) is -0.657. The quantitative estimate of drug-likeness (QED) is 0.387. The summed E-state index contributed by atoms with van der Waals surface area (Å²) < 4.78 is 34.4. The van der Waals surface area contributed by atoms with E-state index in [0.29, 0.717) is 21.7 Å². The van der Waals surface area contributed by atoms with Crippen molar-refractivity contribution in [3.8, 4) is 40.0 Å². The van der Waals surface area contributed by atoms with Crippen LogP contribution < -0.4 is 9.47 Å². The van der Waals surface area contributed by atoms with Crippen LogP contribution in [0.3, 0.4) is 0 Å². The zero-order valence-corrected chi connectivity index (χ0v) is 21.4. The van der Waals surface area contributed by atoms with Crippen LogP contribution in [0.15, 0.2) is 36.4 Å². The fourth-order valence-corrected chi connectivity index (χ4v) is 3.67. The SMILES string of the molecule is CC(OC(=O)OCC(C)(C)C(=O)O)n1nc(C#N)c(-c2cc(Cl)cc(-c3ccc4c(c3)OC(C)(F)O4)c2)n1. The maximum Gasteiger partial charge on any atom is 0.510 e. The smallest absolute Gasteiger partial charge is 0.481 e. The Labute approximate surface area is 221 Å². The maximum atomic E-state index is 14.1. The lowest BCUT2D eigenvalue weighted by atomic mass is 9.95. The number of fused-ring (bicyclic) bond motifs is 1. The normalized spacial score (nSPS) is 17.0. The summed E-state index contributed by atoms with van der Waals surface area (Å²) in [5.41, 5.74) is 0.516. The van der Waals surface area contributed by atoms with E-state index in [1.165, 1.54) is 20.8 Å². The van der Waals surface area contributed by atoms with Crippen molar-refractivity contribution in [1.29, 1.82) is 5.26 Å². The fourth-order valence-electron chi connectivity index (χ4n) is 3.43. The minimum Gasteiger partial charge on any atom is -0.481 e. The van der Waals surface area contributed by atoms with Gasteiger partial charge < -0.3 is 24.1 Å². The van der Waals surface area contributed by atoms with E-state index in [9.17, 15) is 19.2 Å². The van der Waals surface area contributed by atoms with Gasteiger partial charge in [0.2, 0.25) is 6.23 Å². The third-order valence-electron chi connectivity index (χ3n) is 5.49. The molecule has 2 aromatic carbocycles. The summed E-state index contributed by atoms with van der Waals surface area (Å²) in [5, 5.41) is 27.5. The molecule has 2 atom stereocenters. The predicted octanol–water partition coefficient (Wildman–Crippen LogP) is 5.33. The number of nitrogens with zero attached hydrogens (tertiary/aromatic N) is 4. The predicted molar refractivity (Wildman–Crippen MR) is 130 cm³/mol. The lowest BCUT2D eigenvalue weighted by Gasteiger charge is -2.19. The molecule has 0 radical (unpaired) electrons. The first-order chi connectivity index (χ1) is 17.8. The summed E-state index contributed by atoms with van der Waals surface area (Å²) in [6, 6.07) is 9.53. The number of carboxylic acid groups (broad SMARTS) is 1. The molecule has 11 nitrogen and oxygen atoms in total. The molecular weight excluding hydrogens is 523 g/mol. The van der Waals surface area contributed by atoms with Crippen molar-refractivity contribution < 1.29 is 38.0 Å². The maximum absolute atomic E-state index is 14.1. The summed E-state index contributed by atoms with van der Waals surface area (Å²) in [6.45, 7) is 4.98. The molecule has 0 bridgehead atoms. The third kappa shape index (κ3) is 5.63. The van der Waals surface area contributed by atoms with Gasteiger partial charge in [-0.25, -0.2) is 4.79 Å². The van der Waals surface area contributed by atoms with Crippen LogP contribution in [0, 0.1) is 16.7 Å². The Balaban J connectivity index is 1.57. The van der Waals surface area contributed by atoms with Gasteiger partial charge in [0.25, 0.3) is 0 Å². The largest absolute Gasteiger partial charge is 0.510 e. The molecule has 0 aliphatic carbocycles. The summed E-state index contributed by atoms with van der Waals surface area (Å²) in [7, 11) is 0. The summed E-state index contributed by atoms with van der Waals surface area (Å²) >= 11 is 6.36. The highest BCUT2D eigenvalue weighted by Gasteiger charge is 2.37. The van der Waals surface area contributed by atoms with Gasteiger partial charge in [0, 0.05) is 17.5 Å². The molecular formula is C25H22ClFN4O7. The third-order valence-corrected chi connectivity index (χ3v) is 5.71. The topological polar surface area (TPSA) is 146 Å². The molecule has 0 saturated carbocycles. The number of ether oxygens (including phenoxy) is 4. The molecule has 38 heavy (non-hydrogen) atoms. The van der Waals surface area contributed by atoms with Gasteiger partial charge in [0.05, 0.1) is 5.41 Å². The van der Waals surface area contributed by atoms with Gasteiger partial charge in [-0.2, -0.15) is 9.65 Å². The molecule has 198 valence electrons. The number of hydrogen-bond donors (Lipinski definition) is 1. The first-order valence-corrected chi connectivity index (χ1v) is 11.6. The second-order valence-electron chi connectivity index (χ2n) is 9.20. The van der Waals surface area contributed by atoms with Crippen molar-refractivity contribution in [3.05, 3.63) is 47.1 Å². The first kappa shape index (κ1) is 26.7. The number of carbonyl (C=O) groups is 2. The van der Waals surface area contributed by atoms with E-state index in [4.69, 9.17) is 35.7 Å². The Hall–Kier alpha value is -4.37. The average Bonchev–Trinajstić information content (AvgIpc) is 3.41. The van der Waals surface area contributed by atoms with Crippen molar-refractivity contribution in [2.45, 2.75) is 40.0 Å². The van der Waals surface area contributed by atoms with Crippen LogP contribution in [0.1, 0.15) is 39.6 Å². The van der Waals surface area contributed by atoms with Gasteiger partial charge in [-0.1, -0.05) is 17.7 Å². The molecule has 1 N–H and O–H groups in total. The molecule has 0 amide bonds. The standard InChI is InChI=1S/C25H22ClFN4O7/c1-13(36-23(34)35-12-24(2,3)22(32)33)31-29-18(11-28)21(30-31)16-7-15(8-17(26)9-16)14-5-6-19-20(10-14)38-25(4,27)37-19/h5-10,13H,12H2,1-4H3,(H,32,33). The Morgan fingerprint density at radius 1 is 1.18 bits per heavy atom. The molecule has 1 aliphatic heterocycles. The number of carbonyl (C=O) groups excluding carboxylic acids is 1. The number of aromatic nitrogens is 3. The van der Waals surface area contributed by atoms with Gasteiger partial charge in [0.1, 0.15) is 18.4 Å². The van der Waals surface area contributed by atoms with Crippen LogP contribution in [0.25, 0.3) is 22.4 Å². The van der Waals surface area contributed by atoms with Gasteiger partial charge >= 0.3 is 18.2 Å². The van der Waals surface area contributed by atoms with E-state index >= 15 is 0 Å². The molecule has 3 aromatic rings. The van der Waals surface area contributed by atoms with E-state index in [2.05, 4.69) is 10.2 Å². The Morgan fingerprint density at radius 3 is 2.55 bits per heavy atom. The van der Waals surface area contributed by atoms with Crippen LogP contribution in [0.5, 0.6) is 11.5 Å². The Kier molecular flexibility index (Phi) is 6.90. The van der Waals surface area contributed by atoms with Gasteiger partial charge in [-0.05, 0) is 62.2 Å². The molecule has 1 aromatic heterocycles. The lowest BCUT2D eigenvalue weighted by molar-refractivity contribution is -0.173.